The van der Waals surface area contributed by atoms with E-state index >= 15 is 0 Å². The van der Waals surface area contributed by atoms with E-state index in [1.807, 2.05) is 13.1 Å². The lowest BCUT2D eigenvalue weighted by atomic mass is 9.68. The number of benzene rings is 1. The van der Waals surface area contributed by atoms with Gasteiger partial charge in [0.1, 0.15) is 0 Å². The van der Waals surface area contributed by atoms with Gasteiger partial charge in [-0.05, 0) is 31.9 Å². The summed E-state index contributed by atoms with van der Waals surface area (Å²) in [7, 11) is 2.05. The maximum Gasteiger partial charge on any atom is 0.0475 e. The van der Waals surface area contributed by atoms with Crippen LogP contribution >= 0.6 is 0 Å². The van der Waals surface area contributed by atoms with E-state index in [0.29, 0.717) is 6.04 Å². The molecule has 98 valence electrons. The van der Waals surface area contributed by atoms with Gasteiger partial charge in [-0.2, -0.15) is 0 Å². The molecule has 0 bridgehead atoms. The number of likely N-dealkylation sites (N-methyl/N-ethyl adjacent to an activating group) is 1. The minimum Gasteiger partial charge on any atom is -0.381 e. The molecule has 1 saturated heterocycles. The van der Waals surface area contributed by atoms with Gasteiger partial charge < -0.3 is 10.1 Å². The zero-order valence-corrected chi connectivity index (χ0v) is 11.2. The average Bonchev–Trinajstić information content (AvgIpc) is 2.46. The van der Waals surface area contributed by atoms with Crippen molar-refractivity contribution in [1.82, 2.24) is 5.32 Å². The first-order valence-electron chi connectivity index (χ1n) is 6.75. The van der Waals surface area contributed by atoms with Crippen molar-refractivity contribution < 1.29 is 4.74 Å². The van der Waals surface area contributed by atoms with Crippen LogP contribution in [0.5, 0.6) is 0 Å². The fourth-order valence-electron chi connectivity index (χ4n) is 3.13. The second kappa shape index (κ2) is 6.17. The third-order valence-corrected chi connectivity index (χ3v) is 4.15. The molecule has 0 radical (unpaired) electrons. The Kier molecular flexibility index (Phi) is 4.56. The highest BCUT2D eigenvalue weighted by Gasteiger charge is 2.40. The van der Waals surface area contributed by atoms with Crippen LogP contribution in [-0.4, -0.2) is 26.3 Å². The van der Waals surface area contributed by atoms with Crippen LogP contribution < -0.4 is 5.32 Å². The molecule has 1 aromatic carbocycles. The summed E-state index contributed by atoms with van der Waals surface area (Å²) in [5.74, 6) is 0. The lowest BCUT2D eigenvalue weighted by Crippen LogP contribution is -2.50. The molecule has 0 aromatic heterocycles. The normalized spacial score (nSPS) is 20.3. The van der Waals surface area contributed by atoms with Gasteiger partial charge in [0, 0.05) is 24.7 Å². The topological polar surface area (TPSA) is 21.3 Å². The molecule has 0 aliphatic carbocycles. The fourth-order valence-corrected chi connectivity index (χ4v) is 3.13. The molecule has 1 aliphatic rings. The van der Waals surface area contributed by atoms with E-state index in [1.54, 1.807) is 0 Å². The number of ether oxygens (including phenoxy) is 1. The SMILES string of the molecule is C=CCC(NC)C1(c2ccccc2)CCOCC1. The van der Waals surface area contributed by atoms with Crippen molar-refractivity contribution in [1.29, 1.82) is 0 Å². The Balaban J connectivity index is 2.36. The summed E-state index contributed by atoms with van der Waals surface area (Å²) in [4.78, 5) is 0. The summed E-state index contributed by atoms with van der Waals surface area (Å²) in [6, 6.07) is 11.3. The van der Waals surface area contributed by atoms with E-state index in [4.69, 9.17) is 4.74 Å². The van der Waals surface area contributed by atoms with E-state index in [0.717, 1.165) is 32.5 Å². The molecule has 1 aliphatic heterocycles. The minimum atomic E-state index is 0.183. The first kappa shape index (κ1) is 13.3. The Morgan fingerprint density at radius 2 is 2.00 bits per heavy atom. The van der Waals surface area contributed by atoms with E-state index in [-0.39, 0.29) is 5.41 Å². The largest absolute Gasteiger partial charge is 0.381 e. The van der Waals surface area contributed by atoms with E-state index < -0.39 is 0 Å². The molecule has 0 spiro atoms. The lowest BCUT2D eigenvalue weighted by molar-refractivity contribution is 0.0359. The van der Waals surface area contributed by atoms with Crippen LogP contribution in [0, 0.1) is 0 Å². The highest BCUT2D eigenvalue weighted by molar-refractivity contribution is 5.29. The van der Waals surface area contributed by atoms with Gasteiger partial charge in [-0.15, -0.1) is 6.58 Å². The molecule has 1 fully saturated rings. The number of hydrogen-bond acceptors (Lipinski definition) is 2. The summed E-state index contributed by atoms with van der Waals surface area (Å²) in [5.41, 5.74) is 1.61. The summed E-state index contributed by atoms with van der Waals surface area (Å²) >= 11 is 0. The van der Waals surface area contributed by atoms with Crippen molar-refractivity contribution >= 4 is 0 Å². The monoisotopic (exact) mass is 245 g/mol. The van der Waals surface area contributed by atoms with E-state index in [1.165, 1.54) is 5.56 Å². The van der Waals surface area contributed by atoms with E-state index in [2.05, 4.69) is 42.2 Å². The Morgan fingerprint density at radius 3 is 2.56 bits per heavy atom. The molecule has 18 heavy (non-hydrogen) atoms. The highest BCUT2D eigenvalue weighted by Crippen LogP contribution is 2.39. The van der Waals surface area contributed by atoms with Gasteiger partial charge in [-0.25, -0.2) is 0 Å². The van der Waals surface area contributed by atoms with E-state index in [9.17, 15) is 0 Å². The maximum atomic E-state index is 5.57. The van der Waals surface area contributed by atoms with Gasteiger partial charge in [-0.3, -0.25) is 0 Å². The quantitative estimate of drug-likeness (QED) is 0.805. The van der Waals surface area contributed by atoms with Crippen LogP contribution in [-0.2, 0) is 10.2 Å². The second-order valence-electron chi connectivity index (χ2n) is 5.00. The van der Waals surface area contributed by atoms with Gasteiger partial charge in [0.25, 0.3) is 0 Å². The van der Waals surface area contributed by atoms with Crippen LogP contribution in [0.2, 0.25) is 0 Å². The lowest BCUT2D eigenvalue weighted by Gasteiger charge is -2.44. The predicted molar refractivity (Wildman–Crippen MR) is 75.8 cm³/mol. The Labute approximate surface area is 110 Å². The van der Waals surface area contributed by atoms with Crippen LogP contribution in [0.3, 0.4) is 0 Å². The third-order valence-electron chi connectivity index (χ3n) is 4.15. The van der Waals surface area contributed by atoms with Gasteiger partial charge in [0.15, 0.2) is 0 Å². The summed E-state index contributed by atoms with van der Waals surface area (Å²) in [6.45, 7) is 5.60. The Morgan fingerprint density at radius 1 is 1.33 bits per heavy atom. The second-order valence-corrected chi connectivity index (χ2v) is 5.00. The van der Waals surface area contributed by atoms with Crippen molar-refractivity contribution in [2.45, 2.75) is 30.7 Å². The van der Waals surface area contributed by atoms with Crippen molar-refractivity contribution in [3.05, 3.63) is 48.6 Å². The highest BCUT2D eigenvalue weighted by atomic mass is 16.5. The van der Waals surface area contributed by atoms with Crippen LogP contribution in [0.4, 0.5) is 0 Å². The summed E-state index contributed by atoms with van der Waals surface area (Å²) in [5, 5.41) is 3.49. The molecule has 1 aromatic rings. The number of nitrogens with one attached hydrogen (secondary N) is 1. The standard InChI is InChI=1S/C16H23NO/c1-3-7-15(17-2)16(10-12-18-13-11-16)14-8-5-4-6-9-14/h3-6,8-9,15,17H,1,7,10-13H2,2H3. The molecule has 2 nitrogen and oxygen atoms in total. The van der Waals surface area contributed by atoms with Crippen LogP contribution in [0.1, 0.15) is 24.8 Å². The smallest absolute Gasteiger partial charge is 0.0475 e. The van der Waals surface area contributed by atoms with Crippen LogP contribution in [0.15, 0.2) is 43.0 Å². The van der Waals surface area contributed by atoms with Crippen LogP contribution in [0.25, 0.3) is 0 Å². The molecule has 1 N–H and O–H groups in total. The molecular weight excluding hydrogens is 222 g/mol. The molecule has 1 atom stereocenters. The molecule has 0 amide bonds. The molecule has 2 rings (SSSR count). The summed E-state index contributed by atoms with van der Waals surface area (Å²) in [6.07, 6.45) is 5.17. The van der Waals surface area contributed by atoms with Crippen molar-refractivity contribution in [2.75, 3.05) is 20.3 Å². The Bertz CT molecular complexity index is 368. The third kappa shape index (κ3) is 2.50. The summed E-state index contributed by atoms with van der Waals surface area (Å²) < 4.78 is 5.57. The molecular formula is C16H23NO. The first-order valence-corrected chi connectivity index (χ1v) is 6.75. The minimum absolute atomic E-state index is 0.183. The average molecular weight is 245 g/mol. The maximum absolute atomic E-state index is 5.57. The van der Waals surface area contributed by atoms with Gasteiger partial charge in [-0.1, -0.05) is 36.4 Å². The predicted octanol–water partition coefficient (Wildman–Crippen LogP) is 2.90. The molecule has 0 saturated carbocycles. The first-order chi connectivity index (χ1) is 8.83. The van der Waals surface area contributed by atoms with Gasteiger partial charge in [0.05, 0.1) is 0 Å². The van der Waals surface area contributed by atoms with Crippen molar-refractivity contribution in [3.8, 4) is 0 Å². The molecule has 2 heteroatoms. The molecule has 1 unspecified atom stereocenters. The number of hydrogen-bond donors (Lipinski definition) is 1. The number of rotatable bonds is 5. The zero-order chi connectivity index (χ0) is 12.8. The Hall–Kier alpha value is -1.12. The zero-order valence-electron chi connectivity index (χ0n) is 11.2. The fraction of sp³-hybridized carbons (Fsp3) is 0.500. The van der Waals surface area contributed by atoms with Gasteiger partial charge in [0.2, 0.25) is 0 Å². The van der Waals surface area contributed by atoms with Crippen molar-refractivity contribution in [3.63, 3.8) is 0 Å². The van der Waals surface area contributed by atoms with Crippen molar-refractivity contribution in [2.24, 2.45) is 0 Å². The molecule has 1 heterocycles. The van der Waals surface area contributed by atoms with Gasteiger partial charge >= 0.3 is 0 Å².